The van der Waals surface area contributed by atoms with Crippen LogP contribution in [0.2, 0.25) is 0 Å². The second-order valence-corrected chi connectivity index (χ2v) is 1.71. The van der Waals surface area contributed by atoms with Gasteiger partial charge in [-0.1, -0.05) is 0 Å². The average Bonchev–Trinajstić information content (AvgIpc) is 1.30. The van der Waals surface area contributed by atoms with Crippen molar-refractivity contribution in [2.75, 3.05) is 6.79 Å². The summed E-state index contributed by atoms with van der Waals surface area (Å²) in [6, 6.07) is 0. The fourth-order valence-electron chi connectivity index (χ4n) is 0.0645. The number of rotatable bonds is 2. The SMILES string of the molecule is O=S(=O)([O-])OCO.[PH4+]. The average molecular weight is 162 g/mol. The van der Waals surface area contributed by atoms with Crippen molar-refractivity contribution >= 4 is 20.3 Å². The van der Waals surface area contributed by atoms with Crippen molar-refractivity contribution in [3.05, 3.63) is 0 Å². The van der Waals surface area contributed by atoms with E-state index < -0.39 is 17.2 Å². The molecular weight excluding hydrogens is 155 g/mol. The van der Waals surface area contributed by atoms with E-state index in [1.807, 2.05) is 0 Å². The molecule has 1 atom stereocenters. The molecule has 52 valence electrons. The maximum atomic E-state index is 9.29. The van der Waals surface area contributed by atoms with Crippen LogP contribution in [0.5, 0.6) is 0 Å². The Hall–Kier alpha value is 0.260. The van der Waals surface area contributed by atoms with Crippen molar-refractivity contribution in [3.63, 3.8) is 0 Å². The minimum atomic E-state index is -4.67. The first-order valence-corrected chi connectivity index (χ1v) is 2.60. The van der Waals surface area contributed by atoms with Crippen LogP contribution < -0.4 is 0 Å². The Bertz CT molecular complexity index is 125. The van der Waals surface area contributed by atoms with Gasteiger partial charge in [-0.05, 0) is 9.90 Å². The second kappa shape index (κ2) is 4.17. The van der Waals surface area contributed by atoms with Gasteiger partial charge < -0.3 is 9.66 Å². The van der Waals surface area contributed by atoms with Gasteiger partial charge in [0.2, 0.25) is 10.4 Å². The second-order valence-electron chi connectivity index (χ2n) is 0.655. The van der Waals surface area contributed by atoms with Crippen LogP contribution in [-0.2, 0) is 14.6 Å². The highest BCUT2D eigenvalue weighted by Gasteiger charge is 1.86. The lowest BCUT2D eigenvalue weighted by molar-refractivity contribution is 0.0904. The maximum absolute atomic E-state index is 9.29. The summed E-state index contributed by atoms with van der Waals surface area (Å²) in [4.78, 5) is 0. The monoisotopic (exact) mass is 162 g/mol. The quantitative estimate of drug-likeness (QED) is 0.224. The third-order valence-corrected chi connectivity index (χ3v) is 0.591. The smallest absolute Gasteiger partial charge is 0.219 e. The molecule has 0 rings (SSSR count). The van der Waals surface area contributed by atoms with Gasteiger partial charge in [0.1, 0.15) is 0 Å². The van der Waals surface area contributed by atoms with E-state index >= 15 is 0 Å². The van der Waals surface area contributed by atoms with Crippen molar-refractivity contribution in [1.82, 2.24) is 0 Å². The van der Waals surface area contributed by atoms with E-state index in [0.717, 1.165) is 0 Å². The first kappa shape index (κ1) is 11.1. The lowest BCUT2D eigenvalue weighted by Gasteiger charge is -2.01. The number of aliphatic hydroxyl groups excluding tert-OH is 1. The molecule has 0 aromatic heterocycles. The first-order chi connectivity index (χ1) is 3.06. The molecule has 0 fully saturated rings. The summed E-state index contributed by atoms with van der Waals surface area (Å²) in [5, 5.41) is 7.60. The Kier molecular flexibility index (Phi) is 5.79. The topological polar surface area (TPSA) is 86.7 Å². The van der Waals surface area contributed by atoms with Crippen LogP contribution in [0.15, 0.2) is 0 Å². The van der Waals surface area contributed by atoms with Crippen molar-refractivity contribution < 1.29 is 22.3 Å². The van der Waals surface area contributed by atoms with Gasteiger partial charge in [0, 0.05) is 0 Å². The van der Waals surface area contributed by atoms with Crippen LogP contribution in [0.1, 0.15) is 0 Å². The molecule has 0 aliphatic rings. The molecule has 7 heteroatoms. The predicted molar refractivity (Wildman–Crippen MR) is 30.4 cm³/mol. The van der Waals surface area contributed by atoms with Crippen molar-refractivity contribution in [1.29, 1.82) is 0 Å². The molecular formula is CH7O5PS. The Morgan fingerprint density at radius 2 is 2.00 bits per heavy atom. The molecule has 8 heavy (non-hydrogen) atoms. The summed E-state index contributed by atoms with van der Waals surface area (Å²) < 4.78 is 31.1. The van der Waals surface area contributed by atoms with Gasteiger partial charge in [-0.3, -0.25) is 4.18 Å². The highest BCUT2D eigenvalue weighted by Crippen LogP contribution is 1.79. The van der Waals surface area contributed by atoms with E-state index in [-0.39, 0.29) is 9.90 Å². The van der Waals surface area contributed by atoms with Gasteiger partial charge in [-0.2, -0.15) is 0 Å². The largest absolute Gasteiger partial charge is 0.725 e. The number of aliphatic hydroxyl groups is 1. The molecule has 0 spiro atoms. The summed E-state index contributed by atoms with van der Waals surface area (Å²) in [5.41, 5.74) is 0. The lowest BCUT2D eigenvalue weighted by Crippen LogP contribution is -2.03. The van der Waals surface area contributed by atoms with Gasteiger partial charge in [0.25, 0.3) is 0 Å². The maximum Gasteiger partial charge on any atom is 0.219 e. The zero-order valence-electron chi connectivity index (χ0n) is 4.20. The van der Waals surface area contributed by atoms with Crippen LogP contribution in [0.3, 0.4) is 0 Å². The lowest BCUT2D eigenvalue weighted by atomic mass is 11.6. The van der Waals surface area contributed by atoms with E-state index in [1.165, 1.54) is 0 Å². The summed E-state index contributed by atoms with van der Waals surface area (Å²) in [7, 11) is -4.67. The summed E-state index contributed by atoms with van der Waals surface area (Å²) in [6.07, 6.45) is 0. The Balaban J connectivity index is 0. The zero-order valence-corrected chi connectivity index (χ0v) is 7.01. The van der Waals surface area contributed by atoms with Crippen molar-refractivity contribution in [3.8, 4) is 0 Å². The van der Waals surface area contributed by atoms with E-state index in [1.54, 1.807) is 0 Å². The molecule has 0 aliphatic carbocycles. The molecule has 0 aromatic carbocycles. The van der Waals surface area contributed by atoms with E-state index in [9.17, 15) is 13.0 Å². The number of hydrogen-bond donors (Lipinski definition) is 1. The van der Waals surface area contributed by atoms with E-state index in [0.29, 0.717) is 0 Å². The minimum absolute atomic E-state index is 0. The highest BCUT2D eigenvalue weighted by molar-refractivity contribution is 7.80. The molecule has 0 amide bonds. The minimum Gasteiger partial charge on any atom is -0.725 e. The molecule has 1 unspecified atom stereocenters. The molecule has 0 saturated carbocycles. The summed E-state index contributed by atoms with van der Waals surface area (Å²) in [6.45, 7) is -1.09. The molecule has 1 N–H and O–H groups in total. The summed E-state index contributed by atoms with van der Waals surface area (Å²) >= 11 is 0. The molecule has 0 aliphatic heterocycles. The fourth-order valence-corrected chi connectivity index (χ4v) is 0.194. The fraction of sp³-hybridized carbons (Fsp3) is 1.00. The Morgan fingerprint density at radius 3 is 2.00 bits per heavy atom. The van der Waals surface area contributed by atoms with Gasteiger partial charge in [0.15, 0.2) is 6.79 Å². The third-order valence-electron chi connectivity index (χ3n) is 0.197. The van der Waals surface area contributed by atoms with Crippen molar-refractivity contribution in [2.24, 2.45) is 0 Å². The van der Waals surface area contributed by atoms with Gasteiger partial charge in [-0.15, -0.1) is 0 Å². The van der Waals surface area contributed by atoms with Crippen LogP contribution in [0.4, 0.5) is 0 Å². The normalized spacial score (nSPS) is 10.2. The van der Waals surface area contributed by atoms with Crippen LogP contribution in [0, 0.1) is 0 Å². The van der Waals surface area contributed by atoms with Crippen LogP contribution in [0.25, 0.3) is 0 Å². The number of hydrogen-bond acceptors (Lipinski definition) is 5. The van der Waals surface area contributed by atoms with Crippen molar-refractivity contribution in [2.45, 2.75) is 0 Å². The standard InChI is InChI=1S/CH4O5S.H3P/c2-1-6-7(3,4)5;/h2H,1H2,(H,3,4,5);1H3. The Morgan fingerprint density at radius 1 is 1.62 bits per heavy atom. The third kappa shape index (κ3) is 9.54. The molecule has 0 aromatic rings. The molecule has 0 radical (unpaired) electrons. The zero-order chi connectivity index (χ0) is 5.91. The van der Waals surface area contributed by atoms with E-state index in [4.69, 9.17) is 5.11 Å². The van der Waals surface area contributed by atoms with Gasteiger partial charge in [-0.25, -0.2) is 8.42 Å². The molecule has 0 heterocycles. The first-order valence-electron chi connectivity index (χ1n) is 1.27. The molecule has 5 nitrogen and oxygen atoms in total. The van der Waals surface area contributed by atoms with Gasteiger partial charge >= 0.3 is 0 Å². The summed E-state index contributed by atoms with van der Waals surface area (Å²) in [5.74, 6) is 0. The highest BCUT2D eigenvalue weighted by atomic mass is 32.3. The Labute approximate surface area is 50.2 Å². The predicted octanol–water partition coefficient (Wildman–Crippen LogP) is -1.80. The van der Waals surface area contributed by atoms with Crippen LogP contribution >= 0.6 is 9.90 Å². The molecule has 0 bridgehead atoms. The van der Waals surface area contributed by atoms with Gasteiger partial charge in [0.05, 0.1) is 0 Å². The molecule has 0 saturated heterocycles. The van der Waals surface area contributed by atoms with Crippen LogP contribution in [-0.4, -0.2) is 24.9 Å². The van der Waals surface area contributed by atoms with E-state index in [2.05, 4.69) is 4.18 Å².